The third-order valence-corrected chi connectivity index (χ3v) is 2.49. The van der Waals surface area contributed by atoms with Gasteiger partial charge in [-0.1, -0.05) is 18.2 Å². The molecule has 0 bridgehead atoms. The van der Waals surface area contributed by atoms with Crippen LogP contribution in [-0.4, -0.2) is 25.8 Å². The van der Waals surface area contributed by atoms with Gasteiger partial charge < -0.3 is 10.8 Å². The van der Waals surface area contributed by atoms with E-state index in [9.17, 15) is 14.9 Å². The lowest BCUT2D eigenvalue weighted by Gasteiger charge is -2.02. The van der Waals surface area contributed by atoms with Gasteiger partial charge in [-0.3, -0.25) is 10.1 Å². The standard InChI is InChI=1S/C11H10N4O4/c12-10-9(11(16)17)8(6-14(18)19)13-15(10)7-4-2-1-3-5-7/h1-5H,6,12H2,(H,16,17). The van der Waals surface area contributed by atoms with Crippen LogP contribution in [0.4, 0.5) is 5.82 Å². The molecule has 0 spiro atoms. The van der Waals surface area contributed by atoms with Gasteiger partial charge in [0.25, 0.3) is 0 Å². The maximum atomic E-state index is 11.1. The van der Waals surface area contributed by atoms with E-state index < -0.39 is 17.4 Å². The summed E-state index contributed by atoms with van der Waals surface area (Å²) in [5.41, 5.74) is 5.75. The van der Waals surface area contributed by atoms with Crippen molar-refractivity contribution in [1.29, 1.82) is 0 Å². The molecule has 0 unspecified atom stereocenters. The molecule has 8 heteroatoms. The number of aromatic carboxylic acids is 1. The molecule has 0 aliphatic carbocycles. The first-order valence-electron chi connectivity index (χ1n) is 5.28. The van der Waals surface area contributed by atoms with Crippen molar-refractivity contribution >= 4 is 11.8 Å². The Kier molecular flexibility index (Phi) is 3.15. The molecule has 0 fully saturated rings. The third-order valence-electron chi connectivity index (χ3n) is 2.49. The van der Waals surface area contributed by atoms with Crippen molar-refractivity contribution in [1.82, 2.24) is 9.78 Å². The zero-order chi connectivity index (χ0) is 14.0. The minimum atomic E-state index is -1.34. The van der Waals surface area contributed by atoms with Gasteiger partial charge in [-0.2, -0.15) is 5.10 Å². The van der Waals surface area contributed by atoms with Crippen molar-refractivity contribution in [2.75, 3.05) is 5.73 Å². The molecular weight excluding hydrogens is 252 g/mol. The van der Waals surface area contributed by atoms with E-state index in [4.69, 9.17) is 10.8 Å². The first kappa shape index (κ1) is 12.6. The molecule has 0 amide bonds. The van der Waals surface area contributed by atoms with E-state index in [0.717, 1.165) is 0 Å². The number of aromatic nitrogens is 2. The summed E-state index contributed by atoms with van der Waals surface area (Å²) in [5, 5.41) is 23.5. The number of anilines is 1. The average molecular weight is 262 g/mol. The highest BCUT2D eigenvalue weighted by molar-refractivity contribution is 5.94. The Hall–Kier alpha value is -2.90. The van der Waals surface area contributed by atoms with Gasteiger partial charge >= 0.3 is 5.97 Å². The van der Waals surface area contributed by atoms with Crippen molar-refractivity contribution in [2.45, 2.75) is 6.54 Å². The summed E-state index contributed by atoms with van der Waals surface area (Å²) in [7, 11) is 0. The average Bonchev–Trinajstić information content (AvgIpc) is 2.66. The number of carboxylic acids is 1. The number of hydrogen-bond donors (Lipinski definition) is 2. The van der Waals surface area contributed by atoms with Crippen LogP contribution < -0.4 is 5.73 Å². The lowest BCUT2D eigenvalue weighted by atomic mass is 10.2. The van der Waals surface area contributed by atoms with Gasteiger partial charge in [0.15, 0.2) is 0 Å². The van der Waals surface area contributed by atoms with E-state index in [1.54, 1.807) is 30.3 Å². The minimum absolute atomic E-state index is 0.129. The van der Waals surface area contributed by atoms with E-state index in [1.807, 2.05) is 0 Å². The Morgan fingerprint density at radius 3 is 2.58 bits per heavy atom. The van der Waals surface area contributed by atoms with Crippen LogP contribution in [0.15, 0.2) is 30.3 Å². The number of nitrogen functional groups attached to an aromatic ring is 1. The monoisotopic (exact) mass is 262 g/mol. The molecule has 2 aromatic rings. The van der Waals surface area contributed by atoms with E-state index in [0.29, 0.717) is 5.69 Å². The third kappa shape index (κ3) is 2.37. The summed E-state index contributed by atoms with van der Waals surface area (Å²) in [6, 6.07) is 8.57. The summed E-state index contributed by atoms with van der Waals surface area (Å²) in [6.45, 7) is -0.689. The molecule has 0 atom stereocenters. The zero-order valence-electron chi connectivity index (χ0n) is 9.68. The molecule has 0 saturated carbocycles. The van der Waals surface area contributed by atoms with Crippen LogP contribution in [-0.2, 0) is 6.54 Å². The van der Waals surface area contributed by atoms with Crippen molar-refractivity contribution in [2.24, 2.45) is 0 Å². The molecule has 0 radical (unpaired) electrons. The second-order valence-electron chi connectivity index (χ2n) is 3.75. The lowest BCUT2D eigenvalue weighted by Crippen LogP contribution is -2.07. The lowest BCUT2D eigenvalue weighted by molar-refractivity contribution is -0.497. The van der Waals surface area contributed by atoms with Crippen LogP contribution in [0.3, 0.4) is 0 Å². The van der Waals surface area contributed by atoms with Gasteiger partial charge in [-0.05, 0) is 12.1 Å². The fraction of sp³-hybridized carbons (Fsp3) is 0.0909. The SMILES string of the molecule is Nc1c(C(=O)O)c(C[N+](=O)[O-])nn1-c1ccccc1. The maximum Gasteiger partial charge on any atom is 0.341 e. The summed E-state index contributed by atoms with van der Waals surface area (Å²) in [5.74, 6) is -1.47. The van der Waals surface area contributed by atoms with Gasteiger partial charge in [0.1, 0.15) is 17.1 Å². The second-order valence-corrected chi connectivity index (χ2v) is 3.75. The number of carbonyl (C=O) groups is 1. The molecule has 1 heterocycles. The Morgan fingerprint density at radius 2 is 2.05 bits per heavy atom. The molecule has 3 N–H and O–H groups in total. The number of hydrogen-bond acceptors (Lipinski definition) is 5. The van der Waals surface area contributed by atoms with Gasteiger partial charge in [0.05, 0.1) is 5.69 Å². The fourth-order valence-corrected chi connectivity index (χ4v) is 1.71. The van der Waals surface area contributed by atoms with Crippen molar-refractivity contribution in [3.63, 3.8) is 0 Å². The maximum absolute atomic E-state index is 11.1. The van der Waals surface area contributed by atoms with Crippen LogP contribution in [0.1, 0.15) is 16.1 Å². The van der Waals surface area contributed by atoms with Crippen molar-refractivity contribution < 1.29 is 14.8 Å². The summed E-state index contributed by atoms with van der Waals surface area (Å²) >= 11 is 0. The quantitative estimate of drug-likeness (QED) is 0.623. The summed E-state index contributed by atoms with van der Waals surface area (Å²) in [4.78, 5) is 21.0. The Balaban J connectivity index is 2.58. The number of nitrogens with two attached hydrogens (primary N) is 1. The van der Waals surface area contributed by atoms with Crippen LogP contribution in [0.25, 0.3) is 5.69 Å². The molecule has 2 rings (SSSR count). The molecule has 19 heavy (non-hydrogen) atoms. The van der Waals surface area contributed by atoms with E-state index in [2.05, 4.69) is 5.10 Å². The van der Waals surface area contributed by atoms with Gasteiger partial charge in [-0.25, -0.2) is 9.48 Å². The largest absolute Gasteiger partial charge is 0.477 e. The Morgan fingerprint density at radius 1 is 1.42 bits per heavy atom. The first-order chi connectivity index (χ1) is 9.00. The van der Waals surface area contributed by atoms with Crippen LogP contribution in [0, 0.1) is 10.1 Å². The van der Waals surface area contributed by atoms with Crippen molar-refractivity contribution in [3.05, 3.63) is 51.7 Å². The van der Waals surface area contributed by atoms with E-state index in [1.165, 1.54) is 4.68 Å². The number of rotatable bonds is 4. The topological polar surface area (TPSA) is 124 Å². The van der Waals surface area contributed by atoms with Crippen LogP contribution in [0.2, 0.25) is 0 Å². The summed E-state index contributed by atoms with van der Waals surface area (Å²) < 4.78 is 1.18. The molecule has 0 saturated heterocycles. The van der Waals surface area contributed by atoms with Crippen molar-refractivity contribution in [3.8, 4) is 5.69 Å². The predicted molar refractivity (Wildman–Crippen MR) is 65.6 cm³/mol. The minimum Gasteiger partial charge on any atom is -0.477 e. The first-order valence-corrected chi connectivity index (χ1v) is 5.28. The van der Waals surface area contributed by atoms with Gasteiger partial charge in [0.2, 0.25) is 6.54 Å². The highest BCUT2D eigenvalue weighted by atomic mass is 16.6. The Labute approximate surface area is 107 Å². The molecule has 0 aliphatic heterocycles. The summed E-state index contributed by atoms with van der Waals surface area (Å²) in [6.07, 6.45) is 0. The second kappa shape index (κ2) is 4.77. The van der Waals surface area contributed by atoms with Gasteiger partial charge in [-0.15, -0.1) is 0 Å². The smallest absolute Gasteiger partial charge is 0.341 e. The van der Waals surface area contributed by atoms with Gasteiger partial charge in [0, 0.05) is 4.92 Å². The van der Waals surface area contributed by atoms with E-state index in [-0.39, 0.29) is 17.1 Å². The number of nitro groups is 1. The molecule has 1 aromatic heterocycles. The predicted octanol–water partition coefficient (Wildman–Crippen LogP) is 0.929. The fourth-order valence-electron chi connectivity index (χ4n) is 1.71. The number of para-hydroxylation sites is 1. The normalized spacial score (nSPS) is 10.3. The molecule has 98 valence electrons. The molecular formula is C11H10N4O4. The zero-order valence-corrected chi connectivity index (χ0v) is 9.68. The molecule has 1 aromatic carbocycles. The number of benzene rings is 1. The molecule has 8 nitrogen and oxygen atoms in total. The van der Waals surface area contributed by atoms with E-state index >= 15 is 0 Å². The van der Waals surface area contributed by atoms with Crippen LogP contribution >= 0.6 is 0 Å². The number of carboxylic acid groups (broad SMARTS) is 1. The highest BCUT2D eigenvalue weighted by Gasteiger charge is 2.25. The Bertz CT molecular complexity index is 636. The van der Waals surface area contributed by atoms with Crippen LogP contribution in [0.5, 0.6) is 0 Å². The highest BCUT2D eigenvalue weighted by Crippen LogP contribution is 2.21. The number of nitrogens with zero attached hydrogens (tertiary/aromatic N) is 3. The molecule has 0 aliphatic rings.